The summed E-state index contributed by atoms with van der Waals surface area (Å²) < 4.78 is 15.7. The van der Waals surface area contributed by atoms with Crippen LogP contribution >= 0.6 is 0 Å². The van der Waals surface area contributed by atoms with E-state index in [-0.39, 0.29) is 6.29 Å². The van der Waals surface area contributed by atoms with Crippen LogP contribution in [0.25, 0.3) is 0 Å². The molecular formula is C11H18O3Si. The Morgan fingerprint density at radius 3 is 2.53 bits per heavy atom. The van der Waals surface area contributed by atoms with Gasteiger partial charge in [-0.15, -0.1) is 0 Å². The SMILES string of the molecule is COCC(OC)O[SiH2]Cc1ccccc1. The summed E-state index contributed by atoms with van der Waals surface area (Å²) in [5.41, 5.74) is 1.33. The summed E-state index contributed by atoms with van der Waals surface area (Å²) in [6, 6.07) is 11.4. The van der Waals surface area contributed by atoms with Crippen molar-refractivity contribution >= 4 is 9.76 Å². The van der Waals surface area contributed by atoms with E-state index in [1.807, 2.05) is 18.2 Å². The largest absolute Gasteiger partial charge is 0.398 e. The number of hydrogen-bond acceptors (Lipinski definition) is 3. The molecular weight excluding hydrogens is 208 g/mol. The number of methoxy groups -OCH3 is 2. The third kappa shape index (κ3) is 5.08. The first-order valence-corrected chi connectivity index (χ1v) is 6.62. The first-order chi connectivity index (χ1) is 7.36. The Hall–Kier alpha value is -0.683. The number of hydrogen-bond donors (Lipinski definition) is 0. The molecule has 0 N–H and O–H groups in total. The van der Waals surface area contributed by atoms with Gasteiger partial charge in [-0.2, -0.15) is 0 Å². The predicted molar refractivity (Wildman–Crippen MR) is 62.4 cm³/mol. The molecule has 1 unspecified atom stereocenters. The van der Waals surface area contributed by atoms with E-state index in [0.717, 1.165) is 6.04 Å². The third-order valence-electron chi connectivity index (χ3n) is 2.10. The fourth-order valence-electron chi connectivity index (χ4n) is 1.27. The summed E-state index contributed by atoms with van der Waals surface area (Å²) in [4.78, 5) is 0. The second kappa shape index (κ2) is 7.59. The summed E-state index contributed by atoms with van der Waals surface area (Å²) in [7, 11) is 2.72. The van der Waals surface area contributed by atoms with Crippen LogP contribution in [0.5, 0.6) is 0 Å². The van der Waals surface area contributed by atoms with E-state index in [1.165, 1.54) is 5.56 Å². The van der Waals surface area contributed by atoms with Crippen LogP contribution in [-0.4, -0.2) is 36.9 Å². The molecule has 3 nitrogen and oxygen atoms in total. The van der Waals surface area contributed by atoms with Crippen molar-refractivity contribution in [3.8, 4) is 0 Å². The average Bonchev–Trinajstić information content (AvgIpc) is 2.29. The molecule has 0 heterocycles. The van der Waals surface area contributed by atoms with Gasteiger partial charge in [-0.25, -0.2) is 0 Å². The highest BCUT2D eigenvalue weighted by atomic mass is 28.2. The maximum Gasteiger partial charge on any atom is 0.170 e. The zero-order valence-electron chi connectivity index (χ0n) is 9.31. The van der Waals surface area contributed by atoms with Gasteiger partial charge in [0.15, 0.2) is 16.1 Å². The Labute approximate surface area is 93.3 Å². The van der Waals surface area contributed by atoms with E-state index in [0.29, 0.717) is 6.61 Å². The van der Waals surface area contributed by atoms with Crippen LogP contribution < -0.4 is 0 Å². The van der Waals surface area contributed by atoms with Gasteiger partial charge in [-0.05, 0) is 11.6 Å². The average molecular weight is 226 g/mol. The van der Waals surface area contributed by atoms with Crippen molar-refractivity contribution in [3.63, 3.8) is 0 Å². The lowest BCUT2D eigenvalue weighted by atomic mass is 10.2. The van der Waals surface area contributed by atoms with E-state index in [2.05, 4.69) is 12.1 Å². The van der Waals surface area contributed by atoms with Crippen LogP contribution in [0.2, 0.25) is 0 Å². The van der Waals surface area contributed by atoms with Crippen molar-refractivity contribution in [2.24, 2.45) is 0 Å². The van der Waals surface area contributed by atoms with Crippen molar-refractivity contribution in [3.05, 3.63) is 35.9 Å². The van der Waals surface area contributed by atoms with Crippen LogP contribution in [0.4, 0.5) is 0 Å². The normalized spacial score (nSPS) is 13.5. The van der Waals surface area contributed by atoms with Gasteiger partial charge in [0.05, 0.1) is 6.61 Å². The summed E-state index contributed by atoms with van der Waals surface area (Å²) in [5, 5.41) is 0. The van der Waals surface area contributed by atoms with E-state index in [4.69, 9.17) is 13.9 Å². The summed E-state index contributed by atoms with van der Waals surface area (Å²) >= 11 is 0. The maximum atomic E-state index is 5.63. The minimum Gasteiger partial charge on any atom is -0.398 e. The molecule has 0 fully saturated rings. The van der Waals surface area contributed by atoms with E-state index in [1.54, 1.807) is 14.2 Å². The van der Waals surface area contributed by atoms with Gasteiger partial charge in [0, 0.05) is 14.2 Å². The van der Waals surface area contributed by atoms with Crippen LogP contribution in [0, 0.1) is 0 Å². The van der Waals surface area contributed by atoms with Gasteiger partial charge < -0.3 is 13.9 Å². The predicted octanol–water partition coefficient (Wildman–Crippen LogP) is 0.906. The molecule has 0 aliphatic carbocycles. The highest BCUT2D eigenvalue weighted by Crippen LogP contribution is 2.00. The monoisotopic (exact) mass is 226 g/mol. The molecule has 0 radical (unpaired) electrons. The molecule has 0 bridgehead atoms. The topological polar surface area (TPSA) is 27.7 Å². The first kappa shape index (κ1) is 12.4. The van der Waals surface area contributed by atoms with Gasteiger partial charge in [0.25, 0.3) is 0 Å². The van der Waals surface area contributed by atoms with Crippen molar-refractivity contribution < 1.29 is 13.9 Å². The summed E-state index contributed by atoms with van der Waals surface area (Å²) in [5.74, 6) is 0. The van der Waals surface area contributed by atoms with Crippen LogP contribution in [0.3, 0.4) is 0 Å². The second-order valence-corrected chi connectivity index (χ2v) is 4.47. The van der Waals surface area contributed by atoms with Crippen LogP contribution in [0.15, 0.2) is 30.3 Å². The molecule has 0 spiro atoms. The molecule has 0 amide bonds. The Morgan fingerprint density at radius 1 is 1.20 bits per heavy atom. The maximum absolute atomic E-state index is 5.63. The zero-order chi connectivity index (χ0) is 10.9. The van der Waals surface area contributed by atoms with Gasteiger partial charge in [0.1, 0.15) is 0 Å². The minimum atomic E-state index is -0.571. The Bertz CT molecular complexity index is 253. The molecule has 0 aromatic heterocycles. The van der Waals surface area contributed by atoms with E-state index in [9.17, 15) is 0 Å². The van der Waals surface area contributed by atoms with Gasteiger partial charge in [-0.3, -0.25) is 0 Å². The number of rotatable bonds is 7. The molecule has 0 saturated carbocycles. The first-order valence-electron chi connectivity index (χ1n) is 5.04. The summed E-state index contributed by atoms with van der Waals surface area (Å²) in [6.45, 7) is 0.498. The summed E-state index contributed by atoms with van der Waals surface area (Å²) in [6.07, 6.45) is -0.203. The molecule has 1 aromatic rings. The van der Waals surface area contributed by atoms with Gasteiger partial charge >= 0.3 is 0 Å². The molecule has 0 aliphatic heterocycles. The molecule has 4 heteroatoms. The highest BCUT2D eigenvalue weighted by molar-refractivity contribution is 6.26. The van der Waals surface area contributed by atoms with Crippen LogP contribution in [-0.2, 0) is 19.9 Å². The Morgan fingerprint density at radius 2 is 1.93 bits per heavy atom. The van der Waals surface area contributed by atoms with Crippen LogP contribution in [0.1, 0.15) is 5.56 Å². The molecule has 15 heavy (non-hydrogen) atoms. The Balaban J connectivity index is 2.20. The van der Waals surface area contributed by atoms with E-state index < -0.39 is 9.76 Å². The Kier molecular flexibility index (Phi) is 6.27. The minimum absolute atomic E-state index is 0.203. The van der Waals surface area contributed by atoms with Crippen molar-refractivity contribution in [2.75, 3.05) is 20.8 Å². The standard InChI is InChI=1S/C11H18O3Si/c1-12-8-11(13-2)14-15-9-10-6-4-3-5-7-10/h3-7,11H,8-9,15H2,1-2H3. The highest BCUT2D eigenvalue weighted by Gasteiger charge is 2.05. The molecule has 1 rings (SSSR count). The molecule has 84 valence electrons. The van der Waals surface area contributed by atoms with Crippen molar-refractivity contribution in [2.45, 2.75) is 12.3 Å². The second-order valence-electron chi connectivity index (χ2n) is 3.23. The van der Waals surface area contributed by atoms with E-state index >= 15 is 0 Å². The number of benzene rings is 1. The van der Waals surface area contributed by atoms with Gasteiger partial charge in [0.2, 0.25) is 0 Å². The molecule has 0 saturated heterocycles. The molecule has 1 aromatic carbocycles. The molecule has 1 atom stereocenters. The fourth-order valence-corrected chi connectivity index (χ4v) is 2.46. The lowest BCUT2D eigenvalue weighted by Crippen LogP contribution is -2.24. The van der Waals surface area contributed by atoms with Gasteiger partial charge in [-0.1, -0.05) is 30.3 Å². The lowest BCUT2D eigenvalue weighted by molar-refractivity contribution is -0.0929. The van der Waals surface area contributed by atoms with Crippen molar-refractivity contribution in [1.82, 2.24) is 0 Å². The smallest absolute Gasteiger partial charge is 0.170 e. The lowest BCUT2D eigenvalue weighted by Gasteiger charge is -2.15. The zero-order valence-corrected chi connectivity index (χ0v) is 10.7. The van der Waals surface area contributed by atoms with Crippen molar-refractivity contribution in [1.29, 1.82) is 0 Å². The fraction of sp³-hybridized carbons (Fsp3) is 0.455. The molecule has 0 aliphatic rings. The quantitative estimate of drug-likeness (QED) is 0.511. The number of ether oxygens (including phenoxy) is 2. The third-order valence-corrected chi connectivity index (χ3v) is 3.49.